The fourth-order valence-electron chi connectivity index (χ4n) is 6.51. The van der Waals surface area contributed by atoms with E-state index >= 15 is 0 Å². The molecule has 0 heterocycles. The lowest BCUT2D eigenvalue weighted by Gasteiger charge is -2.52. The van der Waals surface area contributed by atoms with Gasteiger partial charge < -0.3 is 4.43 Å². The fraction of sp³-hybridized carbons (Fsp3) is 0.958. The molecule has 27 heavy (non-hydrogen) atoms. The summed E-state index contributed by atoms with van der Waals surface area (Å²) in [6.07, 6.45) is 11.2. The molecule has 3 heteroatoms. The van der Waals surface area contributed by atoms with Crippen LogP contribution in [0.1, 0.15) is 99.3 Å². The lowest BCUT2D eigenvalue weighted by molar-refractivity contribution is -0.137. The molecule has 0 aromatic rings. The minimum Gasteiger partial charge on any atom is -0.414 e. The van der Waals surface area contributed by atoms with E-state index in [2.05, 4.69) is 41.5 Å². The van der Waals surface area contributed by atoms with Crippen molar-refractivity contribution in [1.82, 2.24) is 0 Å². The van der Waals surface area contributed by atoms with Crippen LogP contribution in [0.15, 0.2) is 0 Å². The van der Waals surface area contributed by atoms with E-state index in [4.69, 9.17) is 4.43 Å². The largest absolute Gasteiger partial charge is 0.414 e. The molecule has 2 nitrogen and oxygen atoms in total. The quantitative estimate of drug-likeness (QED) is 0.361. The summed E-state index contributed by atoms with van der Waals surface area (Å²) >= 11 is 0. The van der Waals surface area contributed by atoms with Crippen molar-refractivity contribution >= 4 is 14.1 Å². The maximum absolute atomic E-state index is 12.5. The van der Waals surface area contributed by atoms with Crippen LogP contribution in [-0.4, -0.2) is 20.2 Å². The number of Topliss-reactive ketones (excluding diaryl/α,β-unsaturated/α-hetero) is 1. The summed E-state index contributed by atoms with van der Waals surface area (Å²) < 4.78 is 6.63. The molecule has 2 fully saturated rings. The molecular weight excluding hydrogens is 348 g/mol. The highest BCUT2D eigenvalue weighted by atomic mass is 28.4. The first-order chi connectivity index (χ1) is 12.8. The number of fused-ring (bicyclic) bond motifs is 1. The van der Waals surface area contributed by atoms with Crippen molar-refractivity contribution in [3.63, 3.8) is 0 Å². The topological polar surface area (TPSA) is 26.3 Å². The van der Waals surface area contributed by atoms with Gasteiger partial charge in [0.15, 0.2) is 8.32 Å². The number of hydrogen-bond donors (Lipinski definition) is 0. The lowest BCUT2D eigenvalue weighted by Crippen LogP contribution is -2.47. The first kappa shape index (κ1) is 23.1. The Balaban J connectivity index is 1.86. The molecule has 0 aromatic carbocycles. The Hall–Kier alpha value is -0.153. The van der Waals surface area contributed by atoms with Crippen LogP contribution in [0.4, 0.5) is 0 Å². The van der Waals surface area contributed by atoms with Crippen LogP contribution in [0, 0.1) is 23.2 Å². The Morgan fingerprint density at radius 1 is 1.07 bits per heavy atom. The molecule has 158 valence electrons. The third-order valence-electron chi connectivity index (χ3n) is 8.52. The molecule has 0 amide bonds. The molecule has 2 rings (SSSR count). The number of carbonyl (C=O) groups excluding carboxylic acids is 1. The summed E-state index contributed by atoms with van der Waals surface area (Å²) in [5.41, 5.74) is 0.282. The van der Waals surface area contributed by atoms with E-state index in [0.29, 0.717) is 17.8 Å². The first-order valence-corrected chi connectivity index (χ1v) is 14.5. The highest BCUT2D eigenvalue weighted by Gasteiger charge is 2.49. The van der Waals surface area contributed by atoms with E-state index in [1.807, 2.05) is 0 Å². The molecule has 0 radical (unpaired) electrons. The van der Waals surface area contributed by atoms with Gasteiger partial charge in [-0.05, 0) is 74.4 Å². The van der Waals surface area contributed by atoms with Gasteiger partial charge in [0.25, 0.3) is 0 Å². The van der Waals surface area contributed by atoms with Gasteiger partial charge in [-0.3, -0.25) is 4.79 Å². The predicted octanol–water partition coefficient (Wildman–Crippen LogP) is 7.38. The van der Waals surface area contributed by atoms with Crippen LogP contribution >= 0.6 is 0 Å². The number of rotatable bonds is 10. The zero-order valence-corrected chi connectivity index (χ0v) is 20.1. The average Bonchev–Trinajstić information content (AvgIpc) is 2.65. The second-order valence-corrected chi connectivity index (χ2v) is 14.7. The molecular formula is C24H46O2Si. The third-order valence-corrected chi connectivity index (χ3v) is 13.3. The summed E-state index contributed by atoms with van der Waals surface area (Å²) in [5, 5.41) is 0. The number of ketones is 1. The Bertz CT molecular complexity index is 465. The van der Waals surface area contributed by atoms with E-state index in [1.165, 1.54) is 56.7 Å². The molecule has 0 saturated heterocycles. The number of hydrogen-bond acceptors (Lipinski definition) is 2. The van der Waals surface area contributed by atoms with Crippen LogP contribution in [0.2, 0.25) is 18.1 Å². The minimum atomic E-state index is -1.47. The highest BCUT2D eigenvalue weighted by Crippen LogP contribution is 2.55. The van der Waals surface area contributed by atoms with Crippen molar-refractivity contribution in [2.45, 2.75) is 124 Å². The van der Waals surface area contributed by atoms with Crippen LogP contribution in [0.25, 0.3) is 0 Å². The monoisotopic (exact) mass is 394 g/mol. The molecule has 2 saturated carbocycles. The van der Waals surface area contributed by atoms with Crippen molar-refractivity contribution in [2.75, 3.05) is 0 Å². The van der Waals surface area contributed by atoms with E-state index in [-0.39, 0.29) is 5.41 Å². The summed E-state index contributed by atoms with van der Waals surface area (Å²) in [4.78, 5) is 12.5. The van der Waals surface area contributed by atoms with Crippen molar-refractivity contribution < 1.29 is 9.22 Å². The van der Waals surface area contributed by atoms with E-state index in [1.54, 1.807) is 0 Å². The maximum atomic E-state index is 12.5. The van der Waals surface area contributed by atoms with Gasteiger partial charge in [0.2, 0.25) is 0 Å². The summed E-state index contributed by atoms with van der Waals surface area (Å²) in [7, 11) is -1.47. The second-order valence-electron chi connectivity index (χ2n) is 10.00. The minimum absolute atomic E-state index is 0.282. The lowest BCUT2D eigenvalue weighted by atomic mass is 9.52. The summed E-state index contributed by atoms with van der Waals surface area (Å²) in [5.74, 6) is 2.41. The molecule has 1 unspecified atom stereocenters. The Kier molecular flexibility index (Phi) is 8.61. The van der Waals surface area contributed by atoms with E-state index in [9.17, 15) is 4.79 Å². The molecule has 0 aliphatic heterocycles. The van der Waals surface area contributed by atoms with E-state index < -0.39 is 8.32 Å². The van der Waals surface area contributed by atoms with E-state index in [0.717, 1.165) is 31.1 Å². The van der Waals surface area contributed by atoms with Crippen molar-refractivity contribution in [3.8, 4) is 0 Å². The van der Waals surface area contributed by atoms with Crippen LogP contribution in [0.5, 0.6) is 0 Å². The second kappa shape index (κ2) is 10.0. The van der Waals surface area contributed by atoms with Crippen molar-refractivity contribution in [2.24, 2.45) is 23.2 Å². The van der Waals surface area contributed by atoms with Gasteiger partial charge in [-0.25, -0.2) is 0 Å². The third kappa shape index (κ3) is 5.26. The molecule has 2 aliphatic carbocycles. The Morgan fingerprint density at radius 2 is 1.74 bits per heavy atom. The zero-order valence-electron chi connectivity index (χ0n) is 19.1. The maximum Gasteiger partial charge on any atom is 0.192 e. The van der Waals surface area contributed by atoms with Crippen molar-refractivity contribution in [3.05, 3.63) is 0 Å². The fourth-order valence-corrected chi connectivity index (χ4v) is 9.49. The zero-order chi connectivity index (χ0) is 20.1. The summed E-state index contributed by atoms with van der Waals surface area (Å²) in [6, 6.07) is 3.74. The van der Waals surface area contributed by atoms with Gasteiger partial charge in [0.1, 0.15) is 5.78 Å². The molecule has 5 atom stereocenters. The molecule has 0 spiro atoms. The molecule has 2 aliphatic rings. The standard InChI is InChI=1S/C24H46O2Si/c1-7-27(8-2,9-3)26-20(5)14-10-13-19(4)21-15-11-16-22-23(25)17-12-18-24(21,22)6/h19-22H,7-18H2,1-6H3/t19-,20?,21+,22-,24+/m0/s1. The van der Waals surface area contributed by atoms with Gasteiger partial charge >= 0.3 is 0 Å². The molecule has 0 N–H and O–H groups in total. The van der Waals surface area contributed by atoms with Crippen LogP contribution in [-0.2, 0) is 9.22 Å². The molecule has 0 aromatic heterocycles. The Morgan fingerprint density at radius 3 is 2.37 bits per heavy atom. The summed E-state index contributed by atoms with van der Waals surface area (Å²) in [6.45, 7) is 14.2. The van der Waals surface area contributed by atoms with Gasteiger partial charge in [0, 0.05) is 18.4 Å². The average molecular weight is 395 g/mol. The first-order valence-electron chi connectivity index (χ1n) is 12.0. The van der Waals surface area contributed by atoms with Gasteiger partial charge in [-0.2, -0.15) is 0 Å². The van der Waals surface area contributed by atoms with Gasteiger partial charge in [-0.1, -0.05) is 53.9 Å². The normalized spacial score (nSPS) is 31.4. The predicted molar refractivity (Wildman–Crippen MR) is 119 cm³/mol. The van der Waals surface area contributed by atoms with Gasteiger partial charge in [0.05, 0.1) is 0 Å². The van der Waals surface area contributed by atoms with Crippen LogP contribution in [0.3, 0.4) is 0 Å². The van der Waals surface area contributed by atoms with Crippen LogP contribution < -0.4 is 0 Å². The molecule has 0 bridgehead atoms. The van der Waals surface area contributed by atoms with Gasteiger partial charge in [-0.15, -0.1) is 0 Å². The highest BCUT2D eigenvalue weighted by molar-refractivity contribution is 6.73. The SMILES string of the molecule is CC[Si](CC)(CC)OC(C)CCC[C@H](C)[C@H]1CCC[C@H]2C(=O)CCC[C@]12C. The number of carbonyl (C=O) groups is 1. The van der Waals surface area contributed by atoms with Crippen molar-refractivity contribution in [1.29, 1.82) is 0 Å². The Labute approximate surface area is 170 Å². The smallest absolute Gasteiger partial charge is 0.192 e.